The van der Waals surface area contributed by atoms with Gasteiger partial charge in [-0.2, -0.15) is 20.5 Å². The summed E-state index contributed by atoms with van der Waals surface area (Å²) in [5.74, 6) is -3.15. The standard InChI is InChI=1S/C48H45Cl5N8O8/c1-23(49)28-12-35(20-39(16-28)68-6)55-45(64)30-10-32(52)18-37(14-30)58-60-43(26(4)62)47(66)54-34-8-9-42(41(22-34)25(3)51)57-48(67)44(27(5)63)61-59-38-15-31(11-33(53)19-38)46(65)56-36-13-29(24(2)50)17-40(21-36)69-7/h8-25,43-44H,1-7H3,(H,54,66)(H,55,64)(H,56,65)(H,57,67). The Morgan fingerprint density at radius 3 is 1.33 bits per heavy atom. The number of ketones is 2. The van der Waals surface area contributed by atoms with Gasteiger partial charge in [0.05, 0.1) is 41.7 Å². The van der Waals surface area contributed by atoms with Crippen LogP contribution in [0.2, 0.25) is 10.0 Å². The van der Waals surface area contributed by atoms with Gasteiger partial charge >= 0.3 is 0 Å². The molecule has 0 aliphatic carbocycles. The summed E-state index contributed by atoms with van der Waals surface area (Å²) in [5.41, 5.74) is 3.31. The Labute approximate surface area is 422 Å². The van der Waals surface area contributed by atoms with E-state index in [1.54, 1.807) is 57.2 Å². The molecule has 0 aliphatic rings. The fourth-order valence-corrected chi connectivity index (χ4v) is 7.29. The van der Waals surface area contributed by atoms with Crippen LogP contribution in [-0.4, -0.2) is 61.5 Å². The molecule has 5 atom stereocenters. The second kappa shape index (κ2) is 24.2. The Balaban J connectivity index is 1.28. The normalized spacial score (nSPS) is 13.4. The molecule has 21 heteroatoms. The maximum Gasteiger partial charge on any atom is 0.258 e. The van der Waals surface area contributed by atoms with Gasteiger partial charge in [0.15, 0.2) is 11.6 Å². The summed E-state index contributed by atoms with van der Waals surface area (Å²) < 4.78 is 10.7. The van der Waals surface area contributed by atoms with Crippen molar-refractivity contribution in [2.24, 2.45) is 20.5 Å². The third-order valence-corrected chi connectivity index (χ3v) is 11.1. The van der Waals surface area contributed by atoms with E-state index < -0.39 is 52.7 Å². The fraction of sp³-hybridized carbons (Fsp3) is 0.250. The number of amides is 4. The molecule has 0 aliphatic heterocycles. The monoisotopic (exact) mass is 1040 g/mol. The van der Waals surface area contributed by atoms with Crippen LogP contribution in [-0.2, 0) is 19.2 Å². The highest BCUT2D eigenvalue weighted by Crippen LogP contribution is 2.33. The van der Waals surface area contributed by atoms with E-state index in [2.05, 4.69) is 41.7 Å². The second-order valence-electron chi connectivity index (χ2n) is 15.4. The summed E-state index contributed by atoms with van der Waals surface area (Å²) in [6.45, 7) is 7.48. The molecular formula is C48H45Cl5N8O8. The zero-order chi connectivity index (χ0) is 50.7. The number of hydrogen-bond donors (Lipinski definition) is 4. The van der Waals surface area contributed by atoms with Crippen LogP contribution in [0.25, 0.3) is 0 Å². The molecular weight excluding hydrogens is 994 g/mol. The summed E-state index contributed by atoms with van der Waals surface area (Å²) in [4.78, 5) is 79.0. The Bertz CT molecular complexity index is 2860. The van der Waals surface area contributed by atoms with E-state index in [0.717, 1.165) is 19.4 Å². The number of halogens is 5. The van der Waals surface area contributed by atoms with Gasteiger partial charge in [-0.25, -0.2) is 0 Å². The minimum atomic E-state index is -1.64. The number of carbonyl (C=O) groups is 6. The molecule has 0 saturated carbocycles. The molecule has 360 valence electrons. The maximum absolute atomic E-state index is 13.6. The van der Waals surface area contributed by atoms with Gasteiger partial charge in [-0.3, -0.25) is 28.8 Å². The molecule has 0 bridgehead atoms. The number of nitrogens with one attached hydrogen (secondary N) is 4. The lowest BCUT2D eigenvalue weighted by Crippen LogP contribution is -2.32. The second-order valence-corrected chi connectivity index (χ2v) is 18.2. The lowest BCUT2D eigenvalue weighted by atomic mass is 10.1. The molecule has 0 fully saturated rings. The molecule has 69 heavy (non-hydrogen) atoms. The SMILES string of the molecule is COc1cc(NC(=O)c2cc(Cl)cc(N=NC(C(C)=O)C(=O)Nc3ccc(NC(=O)C(N=Nc4cc(Cl)cc(C(=O)Nc5cc(OC)cc(C(C)Cl)c5)c4)C(C)=O)c(C(C)Cl)c3)c2)cc(C(C)Cl)c1. The molecule has 4 amide bonds. The van der Waals surface area contributed by atoms with Crippen LogP contribution in [0.1, 0.15) is 88.2 Å². The summed E-state index contributed by atoms with van der Waals surface area (Å²) in [7, 11) is 2.98. The summed E-state index contributed by atoms with van der Waals surface area (Å²) in [6.07, 6.45) is 0. The quantitative estimate of drug-likeness (QED) is 0.0353. The number of Topliss-reactive ketones (excluding diaryl/α,β-unsaturated/α-hetero) is 2. The van der Waals surface area contributed by atoms with Crippen LogP contribution in [0.3, 0.4) is 0 Å². The predicted octanol–water partition coefficient (Wildman–Crippen LogP) is 12.8. The van der Waals surface area contributed by atoms with Gasteiger partial charge in [0.1, 0.15) is 11.5 Å². The van der Waals surface area contributed by atoms with Crippen molar-refractivity contribution in [3.63, 3.8) is 0 Å². The fourth-order valence-electron chi connectivity index (χ4n) is 6.40. The highest BCUT2D eigenvalue weighted by Gasteiger charge is 2.27. The number of nitrogens with zero attached hydrogens (tertiary/aromatic N) is 4. The smallest absolute Gasteiger partial charge is 0.258 e. The Morgan fingerprint density at radius 2 is 0.942 bits per heavy atom. The highest BCUT2D eigenvalue weighted by molar-refractivity contribution is 6.32. The van der Waals surface area contributed by atoms with Crippen LogP contribution >= 0.6 is 58.0 Å². The molecule has 0 saturated heterocycles. The zero-order valence-corrected chi connectivity index (χ0v) is 41.8. The van der Waals surface area contributed by atoms with E-state index in [9.17, 15) is 28.8 Å². The van der Waals surface area contributed by atoms with Gasteiger partial charge in [0.2, 0.25) is 12.1 Å². The first-order chi connectivity index (χ1) is 32.6. The molecule has 0 heterocycles. The van der Waals surface area contributed by atoms with Crippen LogP contribution in [0, 0.1) is 0 Å². The van der Waals surface area contributed by atoms with Gasteiger partial charge in [0.25, 0.3) is 23.6 Å². The van der Waals surface area contributed by atoms with Crippen molar-refractivity contribution in [2.45, 2.75) is 62.8 Å². The highest BCUT2D eigenvalue weighted by atomic mass is 35.5. The topological polar surface area (TPSA) is 218 Å². The molecule has 5 aromatic carbocycles. The van der Waals surface area contributed by atoms with E-state index in [1.807, 2.05) is 0 Å². The number of carbonyl (C=O) groups excluding carboxylic acids is 6. The van der Waals surface area contributed by atoms with E-state index in [0.29, 0.717) is 34.0 Å². The summed E-state index contributed by atoms with van der Waals surface area (Å²) in [5, 5.41) is 25.7. The van der Waals surface area contributed by atoms with Crippen molar-refractivity contribution in [2.75, 3.05) is 35.5 Å². The van der Waals surface area contributed by atoms with Crippen molar-refractivity contribution >= 4 is 127 Å². The van der Waals surface area contributed by atoms with Crippen LogP contribution < -0.4 is 30.7 Å². The average Bonchev–Trinajstić information content (AvgIpc) is 3.28. The van der Waals surface area contributed by atoms with Crippen molar-refractivity contribution in [1.82, 2.24) is 0 Å². The number of alkyl halides is 3. The summed E-state index contributed by atoms with van der Waals surface area (Å²) in [6, 6.07) is 19.6. The number of hydrogen-bond acceptors (Lipinski definition) is 12. The number of ether oxygens (including phenoxy) is 2. The first kappa shape index (κ1) is 53.5. The minimum Gasteiger partial charge on any atom is -0.497 e. The number of anilines is 4. The van der Waals surface area contributed by atoms with Crippen LogP contribution in [0.4, 0.5) is 34.1 Å². The van der Waals surface area contributed by atoms with E-state index in [1.165, 1.54) is 68.8 Å². The third kappa shape index (κ3) is 15.0. The number of azo groups is 2. The lowest BCUT2D eigenvalue weighted by Gasteiger charge is -2.17. The van der Waals surface area contributed by atoms with Crippen molar-refractivity contribution in [3.05, 3.63) is 129 Å². The molecule has 5 aromatic rings. The molecule has 5 unspecified atom stereocenters. The first-order valence-electron chi connectivity index (χ1n) is 20.8. The van der Waals surface area contributed by atoms with Crippen LogP contribution in [0.5, 0.6) is 11.5 Å². The van der Waals surface area contributed by atoms with Crippen molar-refractivity contribution < 1.29 is 38.2 Å². The van der Waals surface area contributed by atoms with Gasteiger partial charge in [0, 0.05) is 56.1 Å². The molecule has 0 radical (unpaired) electrons. The number of methoxy groups -OCH3 is 2. The minimum absolute atomic E-state index is 0.0766. The Morgan fingerprint density at radius 1 is 0.507 bits per heavy atom. The lowest BCUT2D eigenvalue weighted by molar-refractivity contribution is -0.127. The third-order valence-electron chi connectivity index (χ3n) is 9.90. The van der Waals surface area contributed by atoms with Crippen molar-refractivity contribution in [3.8, 4) is 11.5 Å². The van der Waals surface area contributed by atoms with Gasteiger partial charge in [-0.1, -0.05) is 23.2 Å². The predicted molar refractivity (Wildman–Crippen MR) is 269 cm³/mol. The maximum atomic E-state index is 13.6. The van der Waals surface area contributed by atoms with Gasteiger partial charge < -0.3 is 30.7 Å². The summed E-state index contributed by atoms with van der Waals surface area (Å²) >= 11 is 31.7. The zero-order valence-electron chi connectivity index (χ0n) is 38.0. The van der Waals surface area contributed by atoms with E-state index in [-0.39, 0.29) is 54.7 Å². The number of rotatable bonds is 19. The van der Waals surface area contributed by atoms with Gasteiger partial charge in [-0.05, 0) is 130 Å². The van der Waals surface area contributed by atoms with E-state index in [4.69, 9.17) is 67.5 Å². The average molecular weight is 1040 g/mol. The molecule has 4 N–H and O–H groups in total. The Hall–Kier alpha value is -6.43. The van der Waals surface area contributed by atoms with E-state index >= 15 is 0 Å². The molecule has 5 rings (SSSR count). The first-order valence-corrected chi connectivity index (χ1v) is 22.8. The molecule has 0 aromatic heterocycles. The van der Waals surface area contributed by atoms with Crippen molar-refractivity contribution in [1.29, 1.82) is 0 Å². The van der Waals surface area contributed by atoms with Crippen LogP contribution in [0.15, 0.2) is 111 Å². The van der Waals surface area contributed by atoms with Gasteiger partial charge in [-0.15, -0.1) is 34.8 Å². The largest absolute Gasteiger partial charge is 0.497 e. The molecule has 0 spiro atoms. The Kier molecular flexibility index (Phi) is 18.8. The number of benzene rings is 5. The molecule has 16 nitrogen and oxygen atoms in total.